The van der Waals surface area contributed by atoms with Crippen LogP contribution in [0.25, 0.3) is 9.88 Å². The van der Waals surface area contributed by atoms with Crippen molar-refractivity contribution in [2.24, 2.45) is 0 Å². The molecule has 2 aromatic heterocycles. The van der Waals surface area contributed by atoms with Crippen LogP contribution in [0.2, 0.25) is 0 Å². The maximum atomic E-state index is 12.2. The Bertz CT molecular complexity index is 918. The Balaban J connectivity index is 1.35. The van der Waals surface area contributed by atoms with E-state index in [-0.39, 0.29) is 24.3 Å². The molecule has 1 aromatic carbocycles. The average molecular weight is 369 g/mol. The number of thiazole rings is 1. The Kier molecular flexibility index (Phi) is 4.33. The summed E-state index contributed by atoms with van der Waals surface area (Å²) in [6, 6.07) is 11.1. The van der Waals surface area contributed by atoms with Gasteiger partial charge in [-0.3, -0.25) is 9.59 Å². The molecule has 2 N–H and O–H groups in total. The van der Waals surface area contributed by atoms with Crippen LogP contribution in [0.3, 0.4) is 0 Å². The van der Waals surface area contributed by atoms with E-state index in [1.807, 2.05) is 41.1 Å². The third kappa shape index (κ3) is 3.33. The van der Waals surface area contributed by atoms with Gasteiger partial charge in [0.1, 0.15) is 5.01 Å². The van der Waals surface area contributed by atoms with Gasteiger partial charge in [-0.1, -0.05) is 24.3 Å². The predicted octanol–water partition coefficient (Wildman–Crippen LogP) is 3.36. The maximum absolute atomic E-state index is 12.2. The molecule has 3 aromatic rings. The van der Waals surface area contributed by atoms with E-state index in [1.54, 1.807) is 28.7 Å². The number of carbonyl (C=O) groups is 2. The molecule has 1 atom stereocenters. The van der Waals surface area contributed by atoms with Gasteiger partial charge in [-0.15, -0.1) is 22.7 Å². The van der Waals surface area contributed by atoms with Gasteiger partial charge in [0.2, 0.25) is 5.91 Å². The number of benzene rings is 1. The van der Waals surface area contributed by atoms with Gasteiger partial charge in [-0.05, 0) is 23.1 Å². The fraction of sp³-hybridized carbons (Fsp3) is 0.167. The van der Waals surface area contributed by atoms with E-state index in [4.69, 9.17) is 0 Å². The molecule has 3 heterocycles. The first-order valence-electron chi connectivity index (χ1n) is 7.85. The molecule has 4 rings (SSSR count). The Labute approximate surface area is 152 Å². The van der Waals surface area contributed by atoms with E-state index in [0.29, 0.717) is 12.1 Å². The van der Waals surface area contributed by atoms with Gasteiger partial charge >= 0.3 is 0 Å². The Morgan fingerprint density at radius 3 is 2.92 bits per heavy atom. The van der Waals surface area contributed by atoms with Crippen molar-refractivity contribution in [3.63, 3.8) is 0 Å². The van der Waals surface area contributed by atoms with Crippen LogP contribution >= 0.6 is 22.7 Å². The molecule has 0 fully saturated rings. The van der Waals surface area contributed by atoms with Crippen LogP contribution in [0.5, 0.6) is 0 Å². The van der Waals surface area contributed by atoms with E-state index in [0.717, 1.165) is 21.1 Å². The van der Waals surface area contributed by atoms with E-state index in [1.165, 1.54) is 0 Å². The van der Waals surface area contributed by atoms with E-state index >= 15 is 0 Å². The number of aromatic nitrogens is 1. The number of hydrogen-bond acceptors (Lipinski definition) is 5. The maximum Gasteiger partial charge on any atom is 0.252 e. The largest absolute Gasteiger partial charge is 0.350 e. The summed E-state index contributed by atoms with van der Waals surface area (Å²) in [4.78, 5) is 29.8. The summed E-state index contributed by atoms with van der Waals surface area (Å²) in [7, 11) is 0. The van der Waals surface area contributed by atoms with Crippen molar-refractivity contribution < 1.29 is 9.59 Å². The van der Waals surface area contributed by atoms with Crippen molar-refractivity contribution in [3.8, 4) is 9.88 Å². The summed E-state index contributed by atoms with van der Waals surface area (Å²) in [6.07, 6.45) is 0.227. The lowest BCUT2D eigenvalue weighted by molar-refractivity contribution is -0.121. The number of amides is 2. The zero-order valence-electron chi connectivity index (χ0n) is 13.2. The number of carbonyl (C=O) groups excluding carboxylic acids is 2. The normalized spacial score (nSPS) is 15.7. The summed E-state index contributed by atoms with van der Waals surface area (Å²) in [5.41, 5.74) is 2.38. The number of nitrogens with zero attached hydrogens (tertiary/aromatic N) is 1. The summed E-state index contributed by atoms with van der Waals surface area (Å²) in [6.45, 7) is 0.392. The molecule has 0 bridgehead atoms. The first-order chi connectivity index (χ1) is 12.2. The molecule has 2 amide bonds. The van der Waals surface area contributed by atoms with Crippen molar-refractivity contribution >= 4 is 34.5 Å². The van der Waals surface area contributed by atoms with Crippen molar-refractivity contribution in [1.29, 1.82) is 0 Å². The summed E-state index contributed by atoms with van der Waals surface area (Å²) >= 11 is 3.22. The number of thiophene rings is 1. The minimum atomic E-state index is -0.263. The van der Waals surface area contributed by atoms with E-state index in [2.05, 4.69) is 15.6 Å². The summed E-state index contributed by atoms with van der Waals surface area (Å²) < 4.78 is 0. The molecule has 0 unspecified atom stereocenters. The van der Waals surface area contributed by atoms with Gasteiger partial charge in [-0.2, -0.15) is 0 Å². The van der Waals surface area contributed by atoms with Crippen LogP contribution in [0.15, 0.2) is 47.2 Å². The molecule has 126 valence electrons. The lowest BCUT2D eigenvalue weighted by Crippen LogP contribution is -2.28. The van der Waals surface area contributed by atoms with Gasteiger partial charge in [0.25, 0.3) is 5.91 Å². The Morgan fingerprint density at radius 1 is 1.20 bits per heavy atom. The van der Waals surface area contributed by atoms with Crippen molar-refractivity contribution in [2.75, 3.05) is 0 Å². The van der Waals surface area contributed by atoms with E-state index < -0.39 is 0 Å². The van der Waals surface area contributed by atoms with Gasteiger partial charge in [0, 0.05) is 10.9 Å². The summed E-state index contributed by atoms with van der Waals surface area (Å²) in [5.74, 6) is -0.221. The molecule has 25 heavy (non-hydrogen) atoms. The smallest absolute Gasteiger partial charge is 0.252 e. The highest BCUT2D eigenvalue weighted by molar-refractivity contribution is 7.20. The molecule has 0 spiro atoms. The molecule has 1 aliphatic heterocycles. The van der Waals surface area contributed by atoms with Crippen LogP contribution < -0.4 is 10.6 Å². The molecular weight excluding hydrogens is 354 g/mol. The second-order valence-electron chi connectivity index (χ2n) is 5.72. The molecule has 0 aliphatic carbocycles. The first kappa shape index (κ1) is 16.0. The fourth-order valence-corrected chi connectivity index (χ4v) is 4.46. The molecule has 0 radical (unpaired) electrons. The quantitative estimate of drug-likeness (QED) is 0.724. The van der Waals surface area contributed by atoms with Gasteiger partial charge < -0.3 is 10.6 Å². The topological polar surface area (TPSA) is 71.1 Å². The minimum absolute atomic E-state index is 0.104. The number of rotatable bonds is 5. The molecule has 0 saturated heterocycles. The third-order valence-corrected chi connectivity index (χ3v) is 5.96. The van der Waals surface area contributed by atoms with Gasteiger partial charge in [-0.25, -0.2) is 4.98 Å². The van der Waals surface area contributed by atoms with Crippen LogP contribution in [0.4, 0.5) is 0 Å². The predicted molar refractivity (Wildman–Crippen MR) is 98.5 cm³/mol. The molecule has 7 heteroatoms. The first-order valence-corrected chi connectivity index (χ1v) is 9.61. The number of nitrogens with one attached hydrogen (secondary N) is 2. The fourth-order valence-electron chi connectivity index (χ4n) is 2.83. The zero-order valence-corrected chi connectivity index (χ0v) is 14.8. The zero-order chi connectivity index (χ0) is 17.2. The lowest BCUT2D eigenvalue weighted by atomic mass is 10.0. The van der Waals surface area contributed by atoms with Crippen LogP contribution in [0.1, 0.15) is 34.1 Å². The molecule has 5 nitrogen and oxygen atoms in total. The van der Waals surface area contributed by atoms with E-state index in [9.17, 15) is 9.59 Å². The van der Waals surface area contributed by atoms with Crippen molar-refractivity contribution in [2.45, 2.75) is 19.0 Å². The molecule has 1 aliphatic rings. The van der Waals surface area contributed by atoms with Crippen molar-refractivity contribution in [1.82, 2.24) is 15.6 Å². The SMILES string of the molecule is O=C(C[C@H]1NC(=O)c2ccccc21)NCc1csc(-c2cccs2)n1. The lowest BCUT2D eigenvalue weighted by Gasteiger charge is -2.11. The summed E-state index contributed by atoms with van der Waals surface area (Å²) in [5, 5.41) is 10.7. The van der Waals surface area contributed by atoms with Crippen LogP contribution in [-0.4, -0.2) is 16.8 Å². The Hall–Kier alpha value is -2.51. The standard InChI is InChI=1S/C18H15N3O2S2/c22-16(8-14-12-4-1-2-5-13(12)17(23)21-14)19-9-11-10-25-18(20-11)15-6-3-7-24-15/h1-7,10,14H,8-9H2,(H,19,22)(H,21,23)/t14-/m1/s1. The second kappa shape index (κ2) is 6.78. The van der Waals surface area contributed by atoms with Gasteiger partial charge in [0.15, 0.2) is 0 Å². The Morgan fingerprint density at radius 2 is 2.08 bits per heavy atom. The highest BCUT2D eigenvalue weighted by atomic mass is 32.1. The monoisotopic (exact) mass is 369 g/mol. The highest BCUT2D eigenvalue weighted by Gasteiger charge is 2.29. The molecular formula is C18H15N3O2S2. The number of fused-ring (bicyclic) bond motifs is 1. The average Bonchev–Trinajstić information content (AvgIpc) is 3.34. The third-order valence-electron chi connectivity index (χ3n) is 4.03. The molecule has 0 saturated carbocycles. The highest BCUT2D eigenvalue weighted by Crippen LogP contribution is 2.28. The second-order valence-corrected chi connectivity index (χ2v) is 7.52. The van der Waals surface area contributed by atoms with Gasteiger partial charge in [0.05, 0.1) is 29.6 Å². The van der Waals surface area contributed by atoms with Crippen LogP contribution in [0, 0.1) is 0 Å². The van der Waals surface area contributed by atoms with Crippen molar-refractivity contribution in [3.05, 3.63) is 64.0 Å². The number of hydrogen-bond donors (Lipinski definition) is 2. The van der Waals surface area contributed by atoms with Crippen LogP contribution in [-0.2, 0) is 11.3 Å². The minimum Gasteiger partial charge on any atom is -0.350 e.